The number of nitrogens with one attached hydrogen (secondary N) is 2. The quantitative estimate of drug-likeness (QED) is 0.767. The minimum atomic E-state index is 0.483. The summed E-state index contributed by atoms with van der Waals surface area (Å²) in [4.78, 5) is 8.63. The average molecular weight is 310 g/mol. The molecule has 1 fully saturated rings. The van der Waals surface area contributed by atoms with Gasteiger partial charge in [-0.05, 0) is 31.4 Å². The summed E-state index contributed by atoms with van der Waals surface area (Å²) >= 11 is 2.06. The Bertz CT molecular complexity index is 444. The Kier molecular flexibility index (Phi) is 6.42. The van der Waals surface area contributed by atoms with E-state index in [0.717, 1.165) is 35.6 Å². The lowest BCUT2D eigenvalue weighted by molar-refractivity contribution is 0.414. The maximum atomic E-state index is 5.50. The second kappa shape index (κ2) is 8.32. The van der Waals surface area contributed by atoms with Gasteiger partial charge in [0, 0.05) is 17.8 Å². The SMILES string of the molecule is CCCNc1ncnc(NC2CCC(SCC)C2)c1OC. The number of anilines is 2. The molecule has 1 aliphatic carbocycles. The number of aromatic nitrogens is 2. The molecule has 0 amide bonds. The van der Waals surface area contributed by atoms with E-state index in [1.165, 1.54) is 25.0 Å². The van der Waals surface area contributed by atoms with E-state index in [4.69, 9.17) is 4.74 Å². The van der Waals surface area contributed by atoms with E-state index in [2.05, 4.69) is 46.2 Å². The van der Waals surface area contributed by atoms with E-state index in [0.29, 0.717) is 6.04 Å². The van der Waals surface area contributed by atoms with Crippen LogP contribution in [0.2, 0.25) is 0 Å². The lowest BCUT2D eigenvalue weighted by atomic mass is 10.2. The van der Waals surface area contributed by atoms with Crippen LogP contribution in [0.1, 0.15) is 39.5 Å². The van der Waals surface area contributed by atoms with Crippen molar-refractivity contribution in [3.8, 4) is 5.75 Å². The molecule has 1 heterocycles. The summed E-state index contributed by atoms with van der Waals surface area (Å²) in [6.07, 6.45) is 6.32. The van der Waals surface area contributed by atoms with Crippen LogP contribution < -0.4 is 15.4 Å². The highest BCUT2D eigenvalue weighted by Gasteiger charge is 2.26. The van der Waals surface area contributed by atoms with Crippen molar-refractivity contribution in [3.63, 3.8) is 0 Å². The first-order valence-corrected chi connectivity index (χ1v) is 8.84. The Labute approximate surface area is 131 Å². The minimum Gasteiger partial charge on any atom is -0.490 e. The smallest absolute Gasteiger partial charge is 0.204 e. The Morgan fingerprint density at radius 3 is 2.81 bits per heavy atom. The second-order valence-corrected chi connectivity index (χ2v) is 6.84. The number of ether oxygens (including phenoxy) is 1. The summed E-state index contributed by atoms with van der Waals surface area (Å²) in [5.41, 5.74) is 0. The first-order valence-electron chi connectivity index (χ1n) is 7.79. The zero-order valence-corrected chi connectivity index (χ0v) is 14.0. The molecule has 2 atom stereocenters. The molecule has 6 heteroatoms. The van der Waals surface area contributed by atoms with Crippen LogP contribution in [0, 0.1) is 0 Å². The Hall–Kier alpha value is -1.17. The average Bonchev–Trinajstić information content (AvgIpc) is 2.93. The predicted octanol–water partition coefficient (Wildman–Crippen LogP) is 3.39. The monoisotopic (exact) mass is 310 g/mol. The summed E-state index contributed by atoms with van der Waals surface area (Å²) in [5, 5.41) is 7.60. The van der Waals surface area contributed by atoms with Crippen molar-refractivity contribution >= 4 is 23.4 Å². The van der Waals surface area contributed by atoms with E-state index in [1.54, 1.807) is 13.4 Å². The van der Waals surface area contributed by atoms with Gasteiger partial charge in [-0.1, -0.05) is 13.8 Å². The Morgan fingerprint density at radius 2 is 2.10 bits per heavy atom. The van der Waals surface area contributed by atoms with Gasteiger partial charge in [0.25, 0.3) is 0 Å². The molecule has 0 aromatic carbocycles. The molecular weight excluding hydrogens is 284 g/mol. The van der Waals surface area contributed by atoms with Crippen LogP contribution in [0.3, 0.4) is 0 Å². The summed E-state index contributed by atoms with van der Waals surface area (Å²) < 4.78 is 5.50. The van der Waals surface area contributed by atoms with Crippen molar-refractivity contribution in [3.05, 3.63) is 6.33 Å². The maximum Gasteiger partial charge on any atom is 0.204 e. The lowest BCUT2D eigenvalue weighted by Crippen LogP contribution is -2.18. The third-order valence-electron chi connectivity index (χ3n) is 3.68. The van der Waals surface area contributed by atoms with Gasteiger partial charge < -0.3 is 15.4 Å². The highest BCUT2D eigenvalue weighted by molar-refractivity contribution is 7.99. The molecule has 5 nitrogen and oxygen atoms in total. The summed E-state index contributed by atoms with van der Waals surface area (Å²) in [6, 6.07) is 0.483. The molecule has 2 rings (SSSR count). The van der Waals surface area contributed by atoms with Gasteiger partial charge in [0.1, 0.15) is 6.33 Å². The number of hydrogen-bond acceptors (Lipinski definition) is 6. The zero-order valence-electron chi connectivity index (χ0n) is 13.2. The number of thioether (sulfide) groups is 1. The third-order valence-corrected chi connectivity index (χ3v) is 4.91. The number of hydrogen-bond donors (Lipinski definition) is 2. The molecule has 0 saturated heterocycles. The largest absolute Gasteiger partial charge is 0.490 e. The van der Waals surface area contributed by atoms with Gasteiger partial charge in [-0.25, -0.2) is 9.97 Å². The lowest BCUT2D eigenvalue weighted by Gasteiger charge is -2.17. The minimum absolute atomic E-state index is 0.483. The number of methoxy groups -OCH3 is 1. The third kappa shape index (κ3) is 4.40. The van der Waals surface area contributed by atoms with Gasteiger partial charge in [-0.3, -0.25) is 0 Å². The number of nitrogens with zero attached hydrogens (tertiary/aromatic N) is 2. The number of rotatable bonds is 8. The van der Waals surface area contributed by atoms with Crippen LogP contribution in [0.4, 0.5) is 11.6 Å². The summed E-state index contributed by atoms with van der Waals surface area (Å²) in [5.74, 6) is 3.49. The Balaban J connectivity index is 2.02. The first kappa shape index (κ1) is 16.2. The molecule has 1 aliphatic rings. The van der Waals surface area contributed by atoms with Gasteiger partial charge in [0.15, 0.2) is 11.6 Å². The molecule has 0 aliphatic heterocycles. The van der Waals surface area contributed by atoms with Crippen LogP contribution in [-0.4, -0.2) is 40.7 Å². The van der Waals surface area contributed by atoms with Crippen molar-refractivity contribution in [1.29, 1.82) is 0 Å². The summed E-state index contributed by atoms with van der Waals surface area (Å²) in [6.45, 7) is 5.24. The molecule has 1 aromatic rings. The van der Waals surface area contributed by atoms with Gasteiger partial charge >= 0.3 is 0 Å². The molecule has 0 radical (unpaired) electrons. The van der Waals surface area contributed by atoms with Crippen LogP contribution >= 0.6 is 11.8 Å². The Morgan fingerprint density at radius 1 is 1.29 bits per heavy atom. The van der Waals surface area contributed by atoms with Crippen molar-refractivity contribution in [2.45, 2.75) is 50.8 Å². The van der Waals surface area contributed by atoms with Gasteiger partial charge in [0.2, 0.25) is 5.75 Å². The van der Waals surface area contributed by atoms with Gasteiger partial charge in [-0.2, -0.15) is 11.8 Å². The van der Waals surface area contributed by atoms with Crippen LogP contribution in [0.15, 0.2) is 6.33 Å². The molecule has 0 spiro atoms. The molecule has 21 heavy (non-hydrogen) atoms. The van der Waals surface area contributed by atoms with Crippen LogP contribution in [0.25, 0.3) is 0 Å². The molecule has 1 aromatic heterocycles. The van der Waals surface area contributed by atoms with Crippen molar-refractivity contribution in [2.75, 3.05) is 30.0 Å². The standard InChI is InChI=1S/C15H26N4OS/c1-4-8-16-14-13(20-3)15(18-10-17-14)19-11-6-7-12(9-11)21-5-2/h10-12H,4-9H2,1-3H3,(H2,16,17,18,19). The highest BCUT2D eigenvalue weighted by atomic mass is 32.2. The van der Waals surface area contributed by atoms with Gasteiger partial charge in [0.05, 0.1) is 7.11 Å². The fourth-order valence-electron chi connectivity index (χ4n) is 2.69. The topological polar surface area (TPSA) is 59.1 Å². The molecular formula is C15H26N4OS. The van der Waals surface area contributed by atoms with E-state index in [9.17, 15) is 0 Å². The van der Waals surface area contributed by atoms with Gasteiger partial charge in [-0.15, -0.1) is 0 Å². The van der Waals surface area contributed by atoms with Crippen LogP contribution in [0.5, 0.6) is 5.75 Å². The zero-order chi connectivity index (χ0) is 15.1. The molecule has 0 bridgehead atoms. The normalized spacial score (nSPS) is 21.3. The van der Waals surface area contributed by atoms with Crippen molar-refractivity contribution < 1.29 is 4.74 Å². The van der Waals surface area contributed by atoms with Crippen molar-refractivity contribution in [1.82, 2.24) is 9.97 Å². The summed E-state index contributed by atoms with van der Waals surface area (Å²) in [7, 11) is 1.67. The fourth-order valence-corrected chi connectivity index (χ4v) is 3.83. The molecule has 2 unspecified atom stereocenters. The predicted molar refractivity (Wildman–Crippen MR) is 90.5 cm³/mol. The van der Waals surface area contributed by atoms with Crippen molar-refractivity contribution in [2.24, 2.45) is 0 Å². The van der Waals surface area contributed by atoms with E-state index in [1.807, 2.05) is 0 Å². The molecule has 2 N–H and O–H groups in total. The van der Waals surface area contributed by atoms with E-state index >= 15 is 0 Å². The molecule has 118 valence electrons. The fraction of sp³-hybridized carbons (Fsp3) is 0.733. The second-order valence-electron chi connectivity index (χ2n) is 5.26. The van der Waals surface area contributed by atoms with E-state index < -0.39 is 0 Å². The highest BCUT2D eigenvalue weighted by Crippen LogP contribution is 2.34. The molecule has 1 saturated carbocycles. The van der Waals surface area contributed by atoms with E-state index in [-0.39, 0.29) is 0 Å². The first-order chi connectivity index (χ1) is 10.3. The van der Waals surface area contributed by atoms with Crippen LogP contribution in [-0.2, 0) is 0 Å². The maximum absolute atomic E-state index is 5.50.